The van der Waals surface area contributed by atoms with E-state index in [1.165, 1.54) is 19.3 Å². The Labute approximate surface area is 133 Å². The first kappa shape index (κ1) is 12.9. The average Bonchev–Trinajstić information content (AvgIpc) is 3.12. The Kier molecular flexibility index (Phi) is 2.80. The van der Waals surface area contributed by atoms with Gasteiger partial charge in [0.15, 0.2) is 17.1 Å². The van der Waals surface area contributed by atoms with E-state index in [1.54, 1.807) is 0 Å². The molecule has 3 heterocycles. The Morgan fingerprint density at radius 2 is 2.00 bits per heavy atom. The fourth-order valence-corrected chi connectivity index (χ4v) is 3.01. The molecule has 0 bridgehead atoms. The molecule has 1 aromatic carbocycles. The van der Waals surface area contributed by atoms with E-state index in [0.717, 1.165) is 46.4 Å². The maximum absolute atomic E-state index is 5.44. The molecule has 0 radical (unpaired) electrons. The lowest BCUT2D eigenvalue weighted by molar-refractivity contribution is 0.174. The molecule has 1 aliphatic carbocycles. The predicted molar refractivity (Wildman–Crippen MR) is 85.6 cm³/mol. The highest BCUT2D eigenvalue weighted by Crippen LogP contribution is 2.36. The lowest BCUT2D eigenvalue weighted by Crippen LogP contribution is -1.97. The maximum Gasteiger partial charge on any atom is 0.231 e. The van der Waals surface area contributed by atoms with Crippen LogP contribution in [0.2, 0.25) is 0 Å². The largest absolute Gasteiger partial charge is 0.454 e. The Hall–Kier alpha value is -2.56. The van der Waals surface area contributed by atoms with Gasteiger partial charge in [-0.15, -0.1) is 0 Å². The number of hydrogen-bond acceptors (Lipinski definition) is 4. The first-order chi connectivity index (χ1) is 11.3. The van der Waals surface area contributed by atoms with Crippen LogP contribution in [-0.4, -0.2) is 21.4 Å². The van der Waals surface area contributed by atoms with Gasteiger partial charge in [0.1, 0.15) is 0 Å². The summed E-state index contributed by atoms with van der Waals surface area (Å²) in [6.45, 7) is 0.288. The lowest BCUT2D eigenvalue weighted by atomic mass is 10.1. The highest BCUT2D eigenvalue weighted by Gasteiger charge is 2.21. The van der Waals surface area contributed by atoms with Gasteiger partial charge in [0, 0.05) is 5.56 Å². The molecule has 1 fully saturated rings. The first-order valence-corrected chi connectivity index (χ1v) is 8.10. The van der Waals surface area contributed by atoms with E-state index in [2.05, 4.69) is 11.1 Å². The third kappa shape index (κ3) is 2.42. The van der Waals surface area contributed by atoms with Crippen molar-refractivity contribution in [3.05, 3.63) is 42.2 Å². The molecule has 2 aliphatic rings. The van der Waals surface area contributed by atoms with Gasteiger partial charge in [0.25, 0.3) is 0 Å². The van der Waals surface area contributed by atoms with Crippen molar-refractivity contribution >= 4 is 5.65 Å². The summed E-state index contributed by atoms with van der Waals surface area (Å²) < 4.78 is 12.7. The molecule has 5 heteroatoms. The molecule has 0 spiro atoms. The van der Waals surface area contributed by atoms with Crippen LogP contribution < -0.4 is 9.47 Å². The van der Waals surface area contributed by atoms with Crippen molar-refractivity contribution in [2.24, 2.45) is 5.92 Å². The normalized spacial score (nSPS) is 16.2. The first-order valence-electron chi connectivity index (χ1n) is 8.10. The SMILES string of the molecule is c1cc2c(cc1-c1cn3nc(CCC4CC4)ccc3n1)OCO2. The quantitative estimate of drug-likeness (QED) is 0.740. The van der Waals surface area contributed by atoms with Crippen molar-refractivity contribution in [3.8, 4) is 22.8 Å². The Balaban J connectivity index is 1.47. The zero-order chi connectivity index (χ0) is 15.2. The number of nitrogens with zero attached hydrogens (tertiary/aromatic N) is 3. The topological polar surface area (TPSA) is 48.7 Å². The predicted octanol–water partition coefficient (Wildman–Crippen LogP) is 3.47. The number of rotatable bonds is 4. The molecule has 1 saturated carbocycles. The molecule has 5 rings (SSSR count). The van der Waals surface area contributed by atoms with Crippen LogP contribution in [0.25, 0.3) is 16.9 Å². The smallest absolute Gasteiger partial charge is 0.231 e. The van der Waals surface area contributed by atoms with E-state index in [0.29, 0.717) is 0 Å². The van der Waals surface area contributed by atoms with Crippen LogP contribution in [0, 0.1) is 5.92 Å². The number of aromatic nitrogens is 3. The minimum Gasteiger partial charge on any atom is -0.454 e. The summed E-state index contributed by atoms with van der Waals surface area (Å²) in [5.74, 6) is 2.50. The molecule has 2 aromatic heterocycles. The van der Waals surface area contributed by atoms with E-state index in [9.17, 15) is 0 Å². The summed E-state index contributed by atoms with van der Waals surface area (Å²) in [6.07, 6.45) is 7.07. The van der Waals surface area contributed by atoms with Crippen molar-refractivity contribution in [1.29, 1.82) is 0 Å². The third-order valence-electron chi connectivity index (χ3n) is 4.55. The summed E-state index contributed by atoms with van der Waals surface area (Å²) in [4.78, 5) is 4.66. The molecule has 23 heavy (non-hydrogen) atoms. The molecule has 0 unspecified atom stereocenters. The summed E-state index contributed by atoms with van der Waals surface area (Å²) in [7, 11) is 0. The summed E-state index contributed by atoms with van der Waals surface area (Å²) >= 11 is 0. The van der Waals surface area contributed by atoms with Gasteiger partial charge in [0.05, 0.1) is 17.6 Å². The van der Waals surface area contributed by atoms with Crippen LogP contribution in [0.4, 0.5) is 0 Å². The molecular weight excluding hydrogens is 290 g/mol. The van der Waals surface area contributed by atoms with Crippen molar-refractivity contribution in [2.45, 2.75) is 25.7 Å². The zero-order valence-corrected chi connectivity index (χ0v) is 12.7. The monoisotopic (exact) mass is 307 g/mol. The Bertz CT molecular complexity index is 883. The molecule has 0 saturated heterocycles. The maximum atomic E-state index is 5.44. The van der Waals surface area contributed by atoms with Crippen LogP contribution in [0.5, 0.6) is 11.5 Å². The zero-order valence-electron chi connectivity index (χ0n) is 12.7. The van der Waals surface area contributed by atoms with Crippen LogP contribution in [0.1, 0.15) is 25.0 Å². The van der Waals surface area contributed by atoms with Crippen LogP contribution in [0.15, 0.2) is 36.5 Å². The second-order valence-corrected chi connectivity index (χ2v) is 6.30. The molecule has 0 N–H and O–H groups in total. The molecular formula is C18H17N3O2. The van der Waals surface area contributed by atoms with Gasteiger partial charge < -0.3 is 9.47 Å². The number of hydrogen-bond donors (Lipinski definition) is 0. The highest BCUT2D eigenvalue weighted by atomic mass is 16.7. The second kappa shape index (κ2) is 4.98. The van der Waals surface area contributed by atoms with Gasteiger partial charge in [-0.1, -0.05) is 12.8 Å². The minimum atomic E-state index is 0.288. The summed E-state index contributed by atoms with van der Waals surface area (Å²) in [6, 6.07) is 10.0. The fourth-order valence-electron chi connectivity index (χ4n) is 3.01. The standard InChI is InChI=1S/C18H17N3O2/c1-2-12(1)3-5-14-6-8-18-19-15(10-21(18)20-14)13-4-7-16-17(9-13)23-11-22-16/h4,6-10,12H,1-3,5,11H2. The summed E-state index contributed by atoms with van der Waals surface area (Å²) in [5.41, 5.74) is 3.92. The Morgan fingerprint density at radius 3 is 2.91 bits per heavy atom. The molecule has 1 aliphatic heterocycles. The molecule has 0 amide bonds. The van der Waals surface area contributed by atoms with Crippen molar-refractivity contribution in [2.75, 3.05) is 6.79 Å². The van der Waals surface area contributed by atoms with E-state index < -0.39 is 0 Å². The molecule has 0 atom stereocenters. The van der Waals surface area contributed by atoms with Gasteiger partial charge in [-0.25, -0.2) is 9.50 Å². The van der Waals surface area contributed by atoms with Crippen molar-refractivity contribution in [1.82, 2.24) is 14.6 Å². The van der Waals surface area contributed by atoms with Gasteiger partial charge >= 0.3 is 0 Å². The van der Waals surface area contributed by atoms with Crippen LogP contribution >= 0.6 is 0 Å². The van der Waals surface area contributed by atoms with E-state index in [4.69, 9.17) is 14.6 Å². The van der Waals surface area contributed by atoms with Crippen molar-refractivity contribution in [3.63, 3.8) is 0 Å². The fraction of sp³-hybridized carbons (Fsp3) is 0.333. The number of aryl methyl sites for hydroxylation is 1. The van der Waals surface area contributed by atoms with Gasteiger partial charge in [-0.3, -0.25) is 0 Å². The molecule has 116 valence electrons. The average molecular weight is 307 g/mol. The number of ether oxygens (including phenoxy) is 2. The van der Waals surface area contributed by atoms with Gasteiger partial charge in [-0.2, -0.15) is 5.10 Å². The van der Waals surface area contributed by atoms with Crippen molar-refractivity contribution < 1.29 is 9.47 Å². The van der Waals surface area contributed by atoms with Crippen LogP contribution in [0.3, 0.4) is 0 Å². The second-order valence-electron chi connectivity index (χ2n) is 6.30. The Morgan fingerprint density at radius 1 is 1.09 bits per heavy atom. The number of benzene rings is 1. The minimum absolute atomic E-state index is 0.288. The third-order valence-corrected chi connectivity index (χ3v) is 4.55. The van der Waals surface area contributed by atoms with E-state index in [1.807, 2.05) is 35.0 Å². The lowest BCUT2D eigenvalue weighted by Gasteiger charge is -1.99. The molecule has 3 aromatic rings. The number of imidazole rings is 1. The van der Waals surface area contributed by atoms with Crippen LogP contribution in [-0.2, 0) is 6.42 Å². The number of fused-ring (bicyclic) bond motifs is 2. The molecule has 5 nitrogen and oxygen atoms in total. The van der Waals surface area contributed by atoms with E-state index in [-0.39, 0.29) is 6.79 Å². The van der Waals surface area contributed by atoms with Gasteiger partial charge in [-0.05, 0) is 49.1 Å². The summed E-state index contributed by atoms with van der Waals surface area (Å²) in [5, 5.41) is 4.69. The van der Waals surface area contributed by atoms with Gasteiger partial charge in [0.2, 0.25) is 6.79 Å². The highest BCUT2D eigenvalue weighted by molar-refractivity contribution is 5.66. The van der Waals surface area contributed by atoms with E-state index >= 15 is 0 Å².